The molecule has 40 heavy (non-hydrogen) atoms. The maximum absolute atomic E-state index is 12.5. The minimum atomic E-state index is -1.11. The number of carbonyl (C=O) groups excluding carboxylic acids is 1. The van der Waals surface area contributed by atoms with Crippen LogP contribution in [0.1, 0.15) is 36.7 Å². The third-order valence-electron chi connectivity index (χ3n) is 7.19. The van der Waals surface area contributed by atoms with Crippen molar-refractivity contribution in [3.63, 3.8) is 0 Å². The smallest absolute Gasteiger partial charge is 0.165 e. The number of rotatable bonds is 12. The fraction of sp³-hybridized carbons (Fsp3) is 0.400. The number of hydrogen-bond acceptors (Lipinski definition) is 9. The molecule has 0 saturated carbocycles. The van der Waals surface area contributed by atoms with Crippen LogP contribution in [0, 0.1) is 6.92 Å². The summed E-state index contributed by atoms with van der Waals surface area (Å²) in [7, 11) is 1.94. The molecule has 1 aliphatic rings. The number of imidazole rings is 1. The lowest BCUT2D eigenvalue weighted by Gasteiger charge is -2.22. The summed E-state index contributed by atoms with van der Waals surface area (Å²) in [5, 5.41) is 21.3. The van der Waals surface area contributed by atoms with Crippen molar-refractivity contribution >= 4 is 16.9 Å². The van der Waals surface area contributed by atoms with Gasteiger partial charge in [-0.3, -0.25) is 9.36 Å². The van der Waals surface area contributed by atoms with Gasteiger partial charge in [0.05, 0.1) is 12.0 Å². The van der Waals surface area contributed by atoms with Gasteiger partial charge in [-0.05, 0) is 63.2 Å². The Kier molecular flexibility index (Phi) is 8.81. The normalized spacial score (nSPS) is 20.8. The number of carbonyl (C=O) groups is 1. The maximum Gasteiger partial charge on any atom is 0.165 e. The van der Waals surface area contributed by atoms with Gasteiger partial charge in [-0.1, -0.05) is 30.3 Å². The first-order chi connectivity index (χ1) is 19.4. The van der Waals surface area contributed by atoms with Crippen molar-refractivity contribution in [3.05, 3.63) is 78.5 Å². The molecule has 0 amide bonds. The van der Waals surface area contributed by atoms with Crippen LogP contribution in [-0.2, 0) is 16.0 Å². The van der Waals surface area contributed by atoms with E-state index in [0.717, 1.165) is 42.1 Å². The molecule has 10 nitrogen and oxygen atoms in total. The number of likely N-dealkylation sites (N-methyl/N-ethyl adjacent to an activating group) is 1. The highest BCUT2D eigenvalue weighted by atomic mass is 16.6. The van der Waals surface area contributed by atoms with Crippen LogP contribution in [-0.4, -0.2) is 78.9 Å². The number of aliphatic hydroxyl groups excluding tert-OH is 2. The van der Waals surface area contributed by atoms with Crippen molar-refractivity contribution in [1.29, 1.82) is 0 Å². The SMILES string of the molecule is Cc1ncnc2c1ncn2[C@@H]1OC(CN(C)CCCCC(=O)Cc2ccc(Oc3ccccc3)cc2)[C@@H](O)[C@H]1O. The van der Waals surface area contributed by atoms with E-state index in [-0.39, 0.29) is 5.78 Å². The first kappa shape index (κ1) is 27.9. The Morgan fingerprint density at radius 1 is 1.00 bits per heavy atom. The van der Waals surface area contributed by atoms with Gasteiger partial charge in [-0.2, -0.15) is 0 Å². The number of para-hydroxylation sites is 1. The fourth-order valence-corrected chi connectivity index (χ4v) is 4.98. The molecule has 2 aromatic heterocycles. The number of Topliss-reactive ketones (excluding diaryl/α,β-unsaturated/α-hetero) is 1. The molecule has 0 aliphatic carbocycles. The summed E-state index contributed by atoms with van der Waals surface area (Å²) in [6.07, 6.45) is 2.02. The van der Waals surface area contributed by atoms with E-state index in [1.165, 1.54) is 6.33 Å². The summed E-state index contributed by atoms with van der Waals surface area (Å²) < 4.78 is 13.5. The van der Waals surface area contributed by atoms with Crippen LogP contribution in [0.25, 0.3) is 11.2 Å². The van der Waals surface area contributed by atoms with Crippen LogP contribution >= 0.6 is 0 Å². The summed E-state index contributed by atoms with van der Waals surface area (Å²) in [5.41, 5.74) is 2.89. The van der Waals surface area contributed by atoms with Crippen LogP contribution in [0.2, 0.25) is 0 Å². The standard InChI is InChI=1S/C30H35N5O5/c1-20-26-29(32-18-31-20)35(19-33-26)30-28(38)27(37)25(40-30)17-34(2)15-7-6-8-22(36)16-21-11-13-24(14-12-21)39-23-9-4-3-5-10-23/h3-5,9-14,18-19,25,27-28,30,37-38H,6-8,15-17H2,1-2H3/t25?,27-,28-,30-/m1/s1. The highest BCUT2D eigenvalue weighted by Gasteiger charge is 2.44. The zero-order valence-corrected chi connectivity index (χ0v) is 22.8. The molecule has 2 N–H and O–H groups in total. The molecule has 5 rings (SSSR count). The molecule has 4 aromatic rings. The Hall–Kier alpha value is -3.70. The lowest BCUT2D eigenvalue weighted by Crippen LogP contribution is -2.38. The summed E-state index contributed by atoms with van der Waals surface area (Å²) in [6, 6.07) is 17.2. The predicted octanol–water partition coefficient (Wildman–Crippen LogP) is 3.46. The van der Waals surface area contributed by atoms with E-state index in [9.17, 15) is 15.0 Å². The van der Waals surface area contributed by atoms with Crippen LogP contribution in [0.5, 0.6) is 11.5 Å². The highest BCUT2D eigenvalue weighted by Crippen LogP contribution is 2.32. The second kappa shape index (κ2) is 12.6. The molecule has 0 radical (unpaired) electrons. The third-order valence-corrected chi connectivity index (χ3v) is 7.19. The highest BCUT2D eigenvalue weighted by molar-refractivity contribution is 5.80. The van der Waals surface area contributed by atoms with E-state index in [4.69, 9.17) is 9.47 Å². The molecule has 1 fully saturated rings. The Balaban J connectivity index is 1.03. The zero-order chi connectivity index (χ0) is 28.1. The number of nitrogens with zero attached hydrogens (tertiary/aromatic N) is 5. The molecule has 1 saturated heterocycles. The molecule has 4 atom stereocenters. The van der Waals surface area contributed by atoms with E-state index < -0.39 is 24.5 Å². The molecule has 210 valence electrons. The van der Waals surface area contributed by atoms with Crippen LogP contribution in [0.4, 0.5) is 0 Å². The number of ketones is 1. The molecular weight excluding hydrogens is 510 g/mol. The van der Waals surface area contributed by atoms with E-state index in [1.807, 2.05) is 68.6 Å². The fourth-order valence-electron chi connectivity index (χ4n) is 4.98. The number of aromatic nitrogens is 4. The molecule has 1 unspecified atom stereocenters. The minimum Gasteiger partial charge on any atom is -0.457 e. The van der Waals surface area contributed by atoms with E-state index in [0.29, 0.717) is 30.6 Å². The Morgan fingerprint density at radius 3 is 2.52 bits per heavy atom. The van der Waals surface area contributed by atoms with Crippen LogP contribution in [0.3, 0.4) is 0 Å². The van der Waals surface area contributed by atoms with Crippen molar-refractivity contribution in [2.24, 2.45) is 0 Å². The van der Waals surface area contributed by atoms with Crippen molar-refractivity contribution in [2.75, 3.05) is 20.1 Å². The number of unbranched alkanes of at least 4 members (excludes halogenated alkanes) is 1. The van der Waals surface area contributed by atoms with Gasteiger partial charge in [-0.25, -0.2) is 15.0 Å². The second-order valence-electron chi connectivity index (χ2n) is 10.3. The molecule has 3 heterocycles. The quantitative estimate of drug-likeness (QED) is 0.258. The third kappa shape index (κ3) is 6.53. The Morgan fingerprint density at radius 2 is 1.75 bits per heavy atom. The first-order valence-corrected chi connectivity index (χ1v) is 13.6. The maximum atomic E-state index is 12.5. The van der Waals surface area contributed by atoms with Gasteiger partial charge >= 0.3 is 0 Å². The zero-order valence-electron chi connectivity index (χ0n) is 22.8. The summed E-state index contributed by atoms with van der Waals surface area (Å²) in [4.78, 5) is 27.3. The van der Waals surface area contributed by atoms with E-state index in [1.54, 1.807) is 10.9 Å². The van der Waals surface area contributed by atoms with Gasteiger partial charge in [0.15, 0.2) is 11.9 Å². The lowest BCUT2D eigenvalue weighted by molar-refractivity contribution is -0.118. The molecule has 0 bridgehead atoms. The summed E-state index contributed by atoms with van der Waals surface area (Å²) in [5.74, 6) is 1.72. The molecule has 2 aromatic carbocycles. The average molecular weight is 546 g/mol. The van der Waals surface area contributed by atoms with Gasteiger partial charge in [0.25, 0.3) is 0 Å². The topological polar surface area (TPSA) is 123 Å². The van der Waals surface area contributed by atoms with Crippen molar-refractivity contribution in [1.82, 2.24) is 24.4 Å². The monoisotopic (exact) mass is 545 g/mol. The van der Waals surface area contributed by atoms with Gasteiger partial charge in [0.1, 0.15) is 47.4 Å². The molecule has 1 aliphatic heterocycles. The number of aryl methyl sites for hydroxylation is 1. The largest absolute Gasteiger partial charge is 0.457 e. The van der Waals surface area contributed by atoms with Gasteiger partial charge in [0.2, 0.25) is 0 Å². The number of benzene rings is 2. The average Bonchev–Trinajstić information content (AvgIpc) is 3.50. The number of fused-ring (bicyclic) bond motifs is 1. The lowest BCUT2D eigenvalue weighted by atomic mass is 10.0. The van der Waals surface area contributed by atoms with E-state index >= 15 is 0 Å². The summed E-state index contributed by atoms with van der Waals surface area (Å²) >= 11 is 0. The number of aliphatic hydroxyl groups is 2. The van der Waals surface area contributed by atoms with Crippen molar-refractivity contribution in [2.45, 2.75) is 57.1 Å². The summed E-state index contributed by atoms with van der Waals surface area (Å²) in [6.45, 7) is 3.03. The van der Waals surface area contributed by atoms with Gasteiger partial charge < -0.3 is 24.6 Å². The Bertz CT molecular complexity index is 1410. The first-order valence-electron chi connectivity index (χ1n) is 13.6. The Labute approximate surface area is 233 Å². The van der Waals surface area contributed by atoms with Gasteiger partial charge in [-0.15, -0.1) is 0 Å². The minimum absolute atomic E-state index is 0.200. The van der Waals surface area contributed by atoms with Gasteiger partial charge in [0, 0.05) is 19.4 Å². The number of ether oxygens (including phenoxy) is 2. The van der Waals surface area contributed by atoms with Crippen molar-refractivity contribution < 1.29 is 24.5 Å². The molecule has 10 heteroatoms. The van der Waals surface area contributed by atoms with E-state index in [2.05, 4.69) is 19.9 Å². The number of hydrogen-bond donors (Lipinski definition) is 2. The predicted molar refractivity (Wildman–Crippen MR) is 149 cm³/mol. The van der Waals surface area contributed by atoms with Crippen molar-refractivity contribution in [3.8, 4) is 11.5 Å². The molecular formula is C30H35N5O5. The second-order valence-corrected chi connectivity index (χ2v) is 10.3. The van der Waals surface area contributed by atoms with Crippen LogP contribution in [0.15, 0.2) is 67.3 Å². The van der Waals surface area contributed by atoms with Crippen LogP contribution < -0.4 is 4.74 Å². The molecule has 0 spiro atoms.